The van der Waals surface area contributed by atoms with Gasteiger partial charge in [-0.15, -0.1) is 0 Å². The second-order valence-corrected chi connectivity index (χ2v) is 9.75. The maximum atomic E-state index is 14.1. The average Bonchev–Trinajstić information content (AvgIpc) is 2.90. The van der Waals surface area contributed by atoms with Crippen LogP contribution >= 0.6 is 0 Å². The first-order chi connectivity index (χ1) is 19.1. The Labute approximate surface area is 228 Å². The fraction of sp³-hybridized carbons (Fsp3) is 0.125. The summed E-state index contributed by atoms with van der Waals surface area (Å²) in [6.07, 6.45) is 0. The summed E-state index contributed by atoms with van der Waals surface area (Å²) < 4.78 is 30.0. The Morgan fingerprint density at radius 3 is 1.35 bits per heavy atom. The minimum absolute atomic E-state index is 0.138. The molecule has 0 aliphatic carbocycles. The Morgan fingerprint density at radius 1 is 0.600 bits per heavy atom. The molecule has 2 aromatic heterocycles. The number of hydrogen-bond acceptors (Lipinski definition) is 4. The van der Waals surface area contributed by atoms with Crippen molar-refractivity contribution in [3.63, 3.8) is 0 Å². The average molecular weight is 541 g/mol. The number of aryl methyl sites for hydroxylation is 3. The van der Waals surface area contributed by atoms with Crippen molar-refractivity contribution < 1.29 is 19.0 Å². The molecule has 6 nitrogen and oxygen atoms in total. The first-order valence-electron chi connectivity index (χ1n) is 12.6. The minimum Gasteiger partial charge on any atom is -0.507 e. The van der Waals surface area contributed by atoms with Crippen molar-refractivity contribution >= 4 is 0 Å². The first kappa shape index (κ1) is 26.6. The van der Waals surface area contributed by atoms with Crippen molar-refractivity contribution in [3.05, 3.63) is 151 Å². The SMILES string of the molecule is Cc1ccc(C(c2c(O)cc(C)n(-c3ccc(F)cc3)c2=O)c2c(O)cc(C)n(-c3ccc(F)cc3)c2=O)cc1. The van der Waals surface area contributed by atoms with Crippen molar-refractivity contribution in [1.29, 1.82) is 0 Å². The molecule has 5 aromatic rings. The van der Waals surface area contributed by atoms with Gasteiger partial charge in [-0.3, -0.25) is 18.7 Å². The zero-order valence-corrected chi connectivity index (χ0v) is 22.0. The molecular weight excluding hydrogens is 514 g/mol. The highest BCUT2D eigenvalue weighted by atomic mass is 19.1. The lowest BCUT2D eigenvalue weighted by Crippen LogP contribution is -2.31. The molecule has 0 spiro atoms. The van der Waals surface area contributed by atoms with E-state index in [0.29, 0.717) is 28.3 Å². The Kier molecular flexibility index (Phi) is 6.85. The van der Waals surface area contributed by atoms with Crippen LogP contribution < -0.4 is 11.1 Å². The number of aromatic nitrogens is 2. The van der Waals surface area contributed by atoms with E-state index in [9.17, 15) is 28.6 Å². The molecule has 0 saturated carbocycles. The molecule has 202 valence electrons. The van der Waals surface area contributed by atoms with Gasteiger partial charge >= 0.3 is 0 Å². The smallest absolute Gasteiger partial charge is 0.263 e. The van der Waals surface area contributed by atoms with Gasteiger partial charge in [0.2, 0.25) is 0 Å². The van der Waals surface area contributed by atoms with E-state index in [1.165, 1.54) is 69.8 Å². The molecule has 3 aromatic carbocycles. The molecule has 2 N–H and O–H groups in total. The summed E-state index contributed by atoms with van der Waals surface area (Å²) in [7, 11) is 0. The van der Waals surface area contributed by atoms with Crippen LogP contribution in [0.2, 0.25) is 0 Å². The highest BCUT2D eigenvalue weighted by Gasteiger charge is 2.31. The lowest BCUT2D eigenvalue weighted by atomic mass is 9.84. The number of hydrogen-bond donors (Lipinski definition) is 2. The van der Waals surface area contributed by atoms with Crippen LogP contribution in [0.4, 0.5) is 8.78 Å². The molecule has 8 heteroatoms. The van der Waals surface area contributed by atoms with Crippen LogP contribution in [-0.4, -0.2) is 19.3 Å². The third-order valence-electron chi connectivity index (χ3n) is 6.97. The van der Waals surface area contributed by atoms with Gasteiger partial charge in [-0.2, -0.15) is 0 Å². The van der Waals surface area contributed by atoms with Gasteiger partial charge in [0.25, 0.3) is 11.1 Å². The van der Waals surface area contributed by atoms with Gasteiger partial charge in [-0.05, 0) is 74.9 Å². The molecule has 5 rings (SSSR count). The third-order valence-corrected chi connectivity index (χ3v) is 6.97. The molecule has 0 radical (unpaired) electrons. The second kappa shape index (κ2) is 10.3. The van der Waals surface area contributed by atoms with Crippen molar-refractivity contribution in [2.45, 2.75) is 26.7 Å². The van der Waals surface area contributed by atoms with E-state index in [4.69, 9.17) is 0 Å². The monoisotopic (exact) mass is 540 g/mol. The number of benzene rings is 3. The predicted octanol–water partition coefficient (Wildman–Crippen LogP) is 5.78. The predicted molar refractivity (Wildman–Crippen MR) is 149 cm³/mol. The molecular formula is C32H26F2N2O4. The molecule has 0 fully saturated rings. The highest BCUT2D eigenvalue weighted by molar-refractivity contribution is 5.54. The molecule has 0 saturated heterocycles. The summed E-state index contributed by atoms with van der Waals surface area (Å²) in [4.78, 5) is 28.2. The van der Waals surface area contributed by atoms with E-state index in [0.717, 1.165) is 5.56 Å². The minimum atomic E-state index is -1.18. The van der Waals surface area contributed by atoms with Gasteiger partial charge in [0.1, 0.15) is 23.1 Å². The fourth-order valence-electron chi connectivity index (χ4n) is 5.06. The Morgan fingerprint density at radius 2 is 0.975 bits per heavy atom. The van der Waals surface area contributed by atoms with Gasteiger partial charge in [0.15, 0.2) is 0 Å². The van der Waals surface area contributed by atoms with Gasteiger partial charge < -0.3 is 10.2 Å². The van der Waals surface area contributed by atoms with Crippen molar-refractivity contribution in [1.82, 2.24) is 9.13 Å². The Bertz CT molecular complexity index is 1730. The van der Waals surface area contributed by atoms with Gasteiger partial charge in [-0.25, -0.2) is 8.78 Å². The molecule has 0 aliphatic heterocycles. The standard InChI is InChI=1S/C32H26F2N2O4/c1-18-4-6-21(7-5-18)28(29-26(37)16-19(2)35(31(29)39)24-12-8-22(33)9-13-24)30-27(38)17-20(3)36(32(30)40)25-14-10-23(34)11-15-25/h4-17,28,37-38H,1-3H3. The summed E-state index contributed by atoms with van der Waals surface area (Å²) >= 11 is 0. The Hall–Kier alpha value is -4.98. The number of rotatable bonds is 5. The van der Waals surface area contributed by atoms with Crippen molar-refractivity contribution in [3.8, 4) is 22.9 Å². The number of nitrogens with zero attached hydrogens (tertiary/aromatic N) is 2. The molecule has 0 atom stereocenters. The van der Waals surface area contributed by atoms with E-state index in [2.05, 4.69) is 0 Å². The second-order valence-electron chi connectivity index (χ2n) is 9.75. The zero-order valence-electron chi connectivity index (χ0n) is 22.0. The lowest BCUT2D eigenvalue weighted by Gasteiger charge is -2.23. The number of aromatic hydroxyl groups is 2. The van der Waals surface area contributed by atoms with Gasteiger partial charge in [0.05, 0.1) is 17.0 Å². The zero-order chi connectivity index (χ0) is 28.7. The van der Waals surface area contributed by atoms with Gasteiger partial charge in [-0.1, -0.05) is 29.8 Å². The summed E-state index contributed by atoms with van der Waals surface area (Å²) in [6, 6.07) is 20.5. The Balaban J connectivity index is 1.86. The van der Waals surface area contributed by atoms with Crippen molar-refractivity contribution in [2.24, 2.45) is 0 Å². The largest absolute Gasteiger partial charge is 0.507 e. The first-order valence-corrected chi connectivity index (χ1v) is 12.6. The topological polar surface area (TPSA) is 84.5 Å². The van der Waals surface area contributed by atoms with Crippen LogP contribution in [0.15, 0.2) is 94.5 Å². The van der Waals surface area contributed by atoms with Crippen LogP contribution in [-0.2, 0) is 0 Å². The number of pyridine rings is 2. The summed E-state index contributed by atoms with van der Waals surface area (Å²) in [6.45, 7) is 5.13. The molecule has 0 amide bonds. The van der Waals surface area contributed by atoms with Crippen LogP contribution in [0.3, 0.4) is 0 Å². The van der Waals surface area contributed by atoms with Crippen LogP contribution in [0.25, 0.3) is 11.4 Å². The summed E-state index contributed by atoms with van der Waals surface area (Å²) in [5.41, 5.74) is 1.36. The normalized spacial score (nSPS) is 11.2. The summed E-state index contributed by atoms with van der Waals surface area (Å²) in [5.74, 6) is -2.85. The van der Waals surface area contributed by atoms with Crippen LogP contribution in [0, 0.1) is 32.4 Å². The van der Waals surface area contributed by atoms with E-state index >= 15 is 0 Å². The maximum Gasteiger partial charge on any atom is 0.263 e. The van der Waals surface area contributed by atoms with E-state index in [-0.39, 0.29) is 22.6 Å². The molecule has 40 heavy (non-hydrogen) atoms. The van der Waals surface area contributed by atoms with E-state index in [1.807, 2.05) is 6.92 Å². The van der Waals surface area contributed by atoms with Crippen molar-refractivity contribution in [2.75, 3.05) is 0 Å². The van der Waals surface area contributed by atoms with E-state index < -0.39 is 28.7 Å². The lowest BCUT2D eigenvalue weighted by molar-refractivity contribution is 0.453. The molecule has 0 unspecified atom stereocenters. The highest BCUT2D eigenvalue weighted by Crippen LogP contribution is 2.38. The van der Waals surface area contributed by atoms with E-state index in [1.54, 1.807) is 38.1 Å². The maximum absolute atomic E-state index is 14.1. The van der Waals surface area contributed by atoms with Gasteiger partial charge in [0, 0.05) is 34.9 Å². The summed E-state index contributed by atoms with van der Waals surface area (Å²) in [5, 5.41) is 22.4. The van der Waals surface area contributed by atoms with Crippen LogP contribution in [0.5, 0.6) is 11.5 Å². The molecule has 0 aliphatic rings. The number of halogens is 2. The molecule has 0 bridgehead atoms. The third kappa shape index (κ3) is 4.68. The van der Waals surface area contributed by atoms with Crippen LogP contribution in [0.1, 0.15) is 39.6 Å². The fourth-order valence-corrected chi connectivity index (χ4v) is 5.06. The quantitative estimate of drug-likeness (QED) is 0.296. The molecule has 2 heterocycles.